The van der Waals surface area contributed by atoms with Gasteiger partial charge in [0.1, 0.15) is 6.07 Å². The first kappa shape index (κ1) is 22.5. The van der Waals surface area contributed by atoms with Gasteiger partial charge >= 0.3 is 0 Å². The molecule has 1 aromatic rings. The monoisotopic (exact) mass is 437 g/mol. The molecule has 4 saturated carbocycles. The smallest absolute Gasteiger partial charge is 0.162 e. The van der Waals surface area contributed by atoms with Crippen molar-refractivity contribution in [2.24, 2.45) is 46.3 Å². The Labute approximate surface area is 194 Å². The largest absolute Gasteiger partial charge is 0.391 e. The maximum atomic E-state index is 11.2. The third kappa shape index (κ3) is 3.64. The molecular formula is C28H43N3O. The fourth-order valence-corrected chi connectivity index (χ4v) is 9.59. The molecule has 9 atom stereocenters. The van der Waals surface area contributed by atoms with Crippen LogP contribution in [0.25, 0.3) is 0 Å². The number of aliphatic hydroxyl groups excluding tert-OH is 1. The summed E-state index contributed by atoms with van der Waals surface area (Å²) >= 11 is 0. The first-order chi connectivity index (χ1) is 15.4. The Hall–Kier alpha value is -1.34. The van der Waals surface area contributed by atoms with Crippen molar-refractivity contribution in [3.8, 4) is 6.07 Å². The average Bonchev–Trinajstić information content (AvgIpc) is 3.36. The van der Waals surface area contributed by atoms with Crippen LogP contribution < -0.4 is 0 Å². The summed E-state index contributed by atoms with van der Waals surface area (Å²) in [7, 11) is 0. The van der Waals surface area contributed by atoms with E-state index < -0.39 is 0 Å². The van der Waals surface area contributed by atoms with Crippen molar-refractivity contribution in [2.45, 2.75) is 104 Å². The molecule has 0 aliphatic heterocycles. The number of hydrogen-bond acceptors (Lipinski definition) is 3. The van der Waals surface area contributed by atoms with Gasteiger partial charge in [0.15, 0.2) is 5.69 Å². The quantitative estimate of drug-likeness (QED) is 0.597. The van der Waals surface area contributed by atoms with Crippen LogP contribution >= 0.6 is 0 Å². The van der Waals surface area contributed by atoms with E-state index in [9.17, 15) is 5.11 Å². The Bertz CT molecular complexity index is 857. The zero-order valence-corrected chi connectivity index (χ0v) is 20.5. The lowest BCUT2D eigenvalue weighted by atomic mass is 9.45. The van der Waals surface area contributed by atoms with Crippen LogP contribution in [-0.4, -0.2) is 21.0 Å². The van der Waals surface area contributed by atoms with Gasteiger partial charge in [0, 0.05) is 6.20 Å². The molecule has 0 saturated heterocycles. The van der Waals surface area contributed by atoms with E-state index in [0.717, 1.165) is 36.0 Å². The van der Waals surface area contributed by atoms with Crippen LogP contribution in [0.3, 0.4) is 0 Å². The second-order valence-electron chi connectivity index (χ2n) is 12.5. The molecule has 0 aromatic carbocycles. The van der Waals surface area contributed by atoms with Crippen LogP contribution in [0.5, 0.6) is 0 Å². The highest BCUT2D eigenvalue weighted by molar-refractivity contribution is 5.16. The molecule has 4 fully saturated rings. The summed E-state index contributed by atoms with van der Waals surface area (Å²) in [5.41, 5.74) is 1.29. The first-order valence-electron chi connectivity index (χ1n) is 13.5. The molecule has 0 amide bonds. The third-order valence-electron chi connectivity index (χ3n) is 11.0. The fraction of sp³-hybridized carbons (Fsp3) is 0.857. The molecule has 4 aliphatic rings. The highest BCUT2D eigenvalue weighted by Crippen LogP contribution is 2.67. The van der Waals surface area contributed by atoms with Crippen LogP contribution in [0, 0.1) is 57.7 Å². The number of rotatable bonds is 5. The van der Waals surface area contributed by atoms with Crippen molar-refractivity contribution in [1.29, 1.82) is 5.26 Å². The fourth-order valence-electron chi connectivity index (χ4n) is 9.59. The van der Waals surface area contributed by atoms with E-state index in [1.165, 1.54) is 64.2 Å². The minimum Gasteiger partial charge on any atom is -0.391 e. The summed E-state index contributed by atoms with van der Waals surface area (Å²) < 4.78 is 1.77. The summed E-state index contributed by atoms with van der Waals surface area (Å²) in [6, 6.07) is 3.84. The molecule has 1 aromatic heterocycles. The molecule has 0 spiro atoms. The van der Waals surface area contributed by atoms with Gasteiger partial charge in [-0.25, -0.2) is 0 Å². The number of fused-ring (bicyclic) bond motifs is 5. The summed E-state index contributed by atoms with van der Waals surface area (Å²) in [6.45, 7) is 8.02. The number of aliphatic hydroxyl groups is 1. The van der Waals surface area contributed by atoms with Gasteiger partial charge in [-0.2, -0.15) is 10.4 Å². The number of nitriles is 1. The molecule has 0 bridgehead atoms. The van der Waals surface area contributed by atoms with E-state index >= 15 is 0 Å². The van der Waals surface area contributed by atoms with E-state index in [1.54, 1.807) is 10.7 Å². The van der Waals surface area contributed by atoms with Gasteiger partial charge < -0.3 is 5.11 Å². The summed E-state index contributed by atoms with van der Waals surface area (Å²) in [4.78, 5) is 0. The normalized spacial score (nSPS) is 44.2. The molecule has 1 N–H and O–H groups in total. The molecule has 8 unspecified atom stereocenters. The molecular weight excluding hydrogens is 394 g/mol. The number of aromatic nitrogens is 2. The van der Waals surface area contributed by atoms with Crippen molar-refractivity contribution < 1.29 is 5.11 Å². The molecule has 4 nitrogen and oxygen atoms in total. The van der Waals surface area contributed by atoms with Gasteiger partial charge in [-0.3, -0.25) is 4.68 Å². The molecule has 32 heavy (non-hydrogen) atoms. The van der Waals surface area contributed by atoms with Gasteiger partial charge in [-0.05, 0) is 104 Å². The van der Waals surface area contributed by atoms with E-state index in [-0.39, 0.29) is 11.5 Å². The molecule has 0 radical (unpaired) electrons. The van der Waals surface area contributed by atoms with Gasteiger partial charge in [0.2, 0.25) is 0 Å². The summed E-state index contributed by atoms with van der Waals surface area (Å²) in [5, 5.41) is 24.6. The lowest BCUT2D eigenvalue weighted by Gasteiger charge is -2.60. The number of hydrogen-bond donors (Lipinski definition) is 1. The number of nitrogens with zero attached hydrogens (tertiary/aromatic N) is 3. The van der Waals surface area contributed by atoms with Gasteiger partial charge in [0.05, 0.1) is 12.6 Å². The molecule has 4 aliphatic carbocycles. The average molecular weight is 438 g/mol. The lowest BCUT2D eigenvalue weighted by Crippen LogP contribution is -2.52. The standard InChI is InChI=1S/C28H43N3O/c1-4-5-19-6-7-23-21-11-14-28(3)24(22(21)10-13-27(23,2)16-19)8-9-25(28)26(32)18-31-15-12-20(17-29)30-31/h12,15,19,21-26,32H,4-11,13-14,16,18H2,1-3H3/t19?,21?,22?,23?,24?,25?,26?,27-,28?/m1/s1. The Morgan fingerprint density at radius 1 is 1.12 bits per heavy atom. The van der Waals surface area contributed by atoms with Gasteiger partial charge in [0.25, 0.3) is 0 Å². The lowest BCUT2D eigenvalue weighted by molar-refractivity contribution is -0.114. The zero-order chi connectivity index (χ0) is 22.5. The van der Waals surface area contributed by atoms with E-state index in [0.29, 0.717) is 23.6 Å². The van der Waals surface area contributed by atoms with E-state index in [4.69, 9.17) is 5.26 Å². The molecule has 1 heterocycles. The van der Waals surface area contributed by atoms with E-state index in [1.807, 2.05) is 6.20 Å². The van der Waals surface area contributed by atoms with Crippen LogP contribution in [0.4, 0.5) is 0 Å². The van der Waals surface area contributed by atoms with Crippen molar-refractivity contribution in [2.75, 3.05) is 0 Å². The van der Waals surface area contributed by atoms with Gasteiger partial charge in [-0.1, -0.05) is 40.0 Å². The zero-order valence-electron chi connectivity index (χ0n) is 20.5. The maximum Gasteiger partial charge on any atom is 0.162 e. The van der Waals surface area contributed by atoms with Gasteiger partial charge in [-0.15, -0.1) is 0 Å². The Kier molecular flexibility index (Phi) is 5.94. The van der Waals surface area contributed by atoms with Crippen molar-refractivity contribution in [3.63, 3.8) is 0 Å². The second-order valence-corrected chi connectivity index (χ2v) is 12.5. The summed E-state index contributed by atoms with van der Waals surface area (Å²) in [6.07, 6.45) is 16.6. The SMILES string of the molecule is CCCC1CCC2C3CCC4(C)C(C(O)Cn5ccc(C#N)n5)CCC4C3CC[C@]2(C)C1. The molecule has 176 valence electrons. The van der Waals surface area contributed by atoms with Crippen LogP contribution in [0.1, 0.15) is 97.1 Å². The Morgan fingerprint density at radius 2 is 1.88 bits per heavy atom. The van der Waals surface area contributed by atoms with Crippen LogP contribution in [0.2, 0.25) is 0 Å². The molecule has 4 heteroatoms. The first-order valence-corrected chi connectivity index (χ1v) is 13.5. The van der Waals surface area contributed by atoms with Crippen molar-refractivity contribution in [1.82, 2.24) is 9.78 Å². The predicted molar refractivity (Wildman–Crippen MR) is 127 cm³/mol. The third-order valence-corrected chi connectivity index (χ3v) is 11.0. The second kappa shape index (κ2) is 8.46. The minimum atomic E-state index is -0.369. The predicted octanol–water partition coefficient (Wildman–Crippen LogP) is 6.19. The van der Waals surface area contributed by atoms with Crippen LogP contribution in [-0.2, 0) is 6.54 Å². The highest BCUT2D eigenvalue weighted by Gasteiger charge is 2.59. The minimum absolute atomic E-state index is 0.263. The Morgan fingerprint density at radius 3 is 2.62 bits per heavy atom. The van der Waals surface area contributed by atoms with Crippen LogP contribution in [0.15, 0.2) is 12.3 Å². The van der Waals surface area contributed by atoms with Crippen molar-refractivity contribution >= 4 is 0 Å². The van der Waals surface area contributed by atoms with E-state index in [2.05, 4.69) is 31.9 Å². The van der Waals surface area contributed by atoms with Crippen molar-refractivity contribution in [3.05, 3.63) is 18.0 Å². The molecule has 5 rings (SSSR count). The Balaban J connectivity index is 1.29. The highest BCUT2D eigenvalue weighted by atomic mass is 16.3. The topological polar surface area (TPSA) is 61.8 Å². The maximum absolute atomic E-state index is 11.2. The summed E-state index contributed by atoms with van der Waals surface area (Å²) in [5.74, 6) is 4.86.